The Morgan fingerprint density at radius 1 is 1.09 bits per heavy atom. The Kier molecular flexibility index (Phi) is 4.44. The fraction of sp³-hybridized carbons (Fsp3) is 0.353. The highest BCUT2D eigenvalue weighted by molar-refractivity contribution is 5.90. The zero-order valence-electron chi connectivity index (χ0n) is 12.5. The van der Waals surface area contributed by atoms with Crippen LogP contribution in [0.3, 0.4) is 0 Å². The normalized spacial score (nSPS) is 17.1. The van der Waals surface area contributed by atoms with E-state index in [4.69, 9.17) is 5.73 Å². The van der Waals surface area contributed by atoms with Gasteiger partial charge in [0.25, 0.3) is 5.91 Å². The van der Waals surface area contributed by atoms with Crippen LogP contribution in [0.2, 0.25) is 0 Å². The lowest BCUT2D eigenvalue weighted by molar-refractivity contribution is 0.0994. The van der Waals surface area contributed by atoms with Gasteiger partial charge in [-0.1, -0.05) is 36.8 Å². The molecular weight excluding hydrogens is 276 g/mol. The number of hydrogen-bond acceptors (Lipinski definition) is 4. The van der Waals surface area contributed by atoms with Gasteiger partial charge >= 0.3 is 0 Å². The average molecular weight is 296 g/mol. The van der Waals surface area contributed by atoms with Crippen LogP contribution in [0.15, 0.2) is 42.6 Å². The van der Waals surface area contributed by atoms with Crippen LogP contribution in [-0.2, 0) is 0 Å². The summed E-state index contributed by atoms with van der Waals surface area (Å²) in [5.41, 5.74) is 6.77. The highest BCUT2D eigenvalue weighted by Gasteiger charge is 2.26. The molecule has 5 heteroatoms. The van der Waals surface area contributed by atoms with Gasteiger partial charge in [0, 0.05) is 6.20 Å². The van der Waals surface area contributed by atoms with Crippen molar-refractivity contribution in [3.8, 4) is 0 Å². The lowest BCUT2D eigenvalue weighted by Crippen LogP contribution is -2.35. The first-order chi connectivity index (χ1) is 10.8. The molecule has 1 amide bonds. The lowest BCUT2D eigenvalue weighted by atomic mass is 10.0. The summed E-state index contributed by atoms with van der Waals surface area (Å²) in [4.78, 5) is 22.6. The number of amides is 1. The van der Waals surface area contributed by atoms with Gasteiger partial charge in [0.1, 0.15) is 5.69 Å². The van der Waals surface area contributed by atoms with Gasteiger partial charge in [0.05, 0.1) is 6.04 Å². The van der Waals surface area contributed by atoms with Gasteiger partial charge in [-0.2, -0.15) is 0 Å². The van der Waals surface area contributed by atoms with Gasteiger partial charge in [-0.05, 0) is 37.6 Å². The second-order valence-corrected chi connectivity index (χ2v) is 5.57. The van der Waals surface area contributed by atoms with Crippen LogP contribution in [-0.4, -0.2) is 33.9 Å². The van der Waals surface area contributed by atoms with Crippen molar-refractivity contribution in [2.45, 2.75) is 25.3 Å². The van der Waals surface area contributed by atoms with Crippen LogP contribution in [0.5, 0.6) is 0 Å². The number of primary amides is 1. The minimum absolute atomic E-state index is 0.0270. The molecule has 114 valence electrons. The summed E-state index contributed by atoms with van der Waals surface area (Å²) < 4.78 is 0. The van der Waals surface area contributed by atoms with Crippen molar-refractivity contribution in [3.63, 3.8) is 0 Å². The van der Waals surface area contributed by atoms with Gasteiger partial charge in [-0.15, -0.1) is 0 Å². The molecule has 1 saturated heterocycles. The highest BCUT2D eigenvalue weighted by Crippen LogP contribution is 2.28. The third-order valence-corrected chi connectivity index (χ3v) is 4.04. The van der Waals surface area contributed by atoms with Gasteiger partial charge in [-0.3, -0.25) is 9.69 Å². The fourth-order valence-electron chi connectivity index (χ4n) is 2.98. The van der Waals surface area contributed by atoms with Crippen LogP contribution < -0.4 is 5.73 Å². The molecule has 5 nitrogen and oxygen atoms in total. The molecule has 2 heterocycles. The molecule has 0 spiro atoms. The number of piperidine rings is 1. The average Bonchev–Trinajstić information content (AvgIpc) is 2.57. The molecule has 1 unspecified atom stereocenters. The Hall–Kier alpha value is -2.27. The van der Waals surface area contributed by atoms with Gasteiger partial charge in [0.2, 0.25) is 0 Å². The molecule has 2 N–H and O–H groups in total. The van der Waals surface area contributed by atoms with E-state index >= 15 is 0 Å². The van der Waals surface area contributed by atoms with Crippen LogP contribution in [0.25, 0.3) is 0 Å². The van der Waals surface area contributed by atoms with Gasteiger partial charge in [-0.25, -0.2) is 9.97 Å². The zero-order chi connectivity index (χ0) is 15.4. The van der Waals surface area contributed by atoms with Crippen molar-refractivity contribution < 1.29 is 4.79 Å². The number of carbonyl (C=O) groups excluding carboxylic acids is 1. The smallest absolute Gasteiger partial charge is 0.267 e. The van der Waals surface area contributed by atoms with E-state index in [1.165, 1.54) is 19.3 Å². The van der Waals surface area contributed by atoms with E-state index in [2.05, 4.69) is 27.0 Å². The summed E-state index contributed by atoms with van der Waals surface area (Å²) in [6, 6.07) is 11.7. The lowest BCUT2D eigenvalue weighted by Gasteiger charge is -2.34. The number of likely N-dealkylation sites (tertiary alicyclic amines) is 1. The number of carbonyl (C=O) groups is 1. The Morgan fingerprint density at radius 3 is 2.50 bits per heavy atom. The highest BCUT2D eigenvalue weighted by atomic mass is 16.1. The van der Waals surface area contributed by atoms with Crippen molar-refractivity contribution in [3.05, 3.63) is 59.7 Å². The summed E-state index contributed by atoms with van der Waals surface area (Å²) in [6.45, 7) is 2.04. The maximum atomic E-state index is 11.4. The topological polar surface area (TPSA) is 72.1 Å². The maximum Gasteiger partial charge on any atom is 0.267 e. The van der Waals surface area contributed by atoms with Gasteiger partial charge < -0.3 is 5.73 Å². The molecule has 0 saturated carbocycles. The number of nitrogens with zero attached hydrogens (tertiary/aromatic N) is 3. The number of benzene rings is 1. The third kappa shape index (κ3) is 3.14. The first-order valence-corrected chi connectivity index (χ1v) is 7.67. The van der Waals surface area contributed by atoms with E-state index in [1.54, 1.807) is 12.3 Å². The largest absolute Gasteiger partial charge is 0.364 e. The minimum Gasteiger partial charge on any atom is -0.364 e. The molecule has 22 heavy (non-hydrogen) atoms. The summed E-state index contributed by atoms with van der Waals surface area (Å²) in [5, 5.41) is 0. The first kappa shape index (κ1) is 14.7. The number of hydrogen-bond donors (Lipinski definition) is 1. The molecular formula is C17H20N4O. The molecule has 1 aliphatic rings. The van der Waals surface area contributed by atoms with Crippen molar-refractivity contribution in [1.29, 1.82) is 0 Å². The van der Waals surface area contributed by atoms with Crippen molar-refractivity contribution in [2.75, 3.05) is 13.1 Å². The maximum absolute atomic E-state index is 11.4. The Balaban J connectivity index is 2.01. The number of nitrogens with two attached hydrogens (primary N) is 1. The monoisotopic (exact) mass is 296 g/mol. The molecule has 0 bridgehead atoms. The molecule has 3 rings (SSSR count). The molecule has 2 aromatic rings. The van der Waals surface area contributed by atoms with E-state index in [1.807, 2.05) is 18.2 Å². The first-order valence-electron chi connectivity index (χ1n) is 7.67. The molecule has 0 radical (unpaired) electrons. The molecule has 1 aromatic carbocycles. The van der Waals surface area contributed by atoms with E-state index in [0.29, 0.717) is 5.82 Å². The van der Waals surface area contributed by atoms with E-state index in [-0.39, 0.29) is 11.7 Å². The van der Waals surface area contributed by atoms with Gasteiger partial charge in [0.15, 0.2) is 5.82 Å². The molecule has 1 atom stereocenters. The summed E-state index contributed by atoms with van der Waals surface area (Å²) >= 11 is 0. The van der Waals surface area contributed by atoms with E-state index in [0.717, 1.165) is 18.7 Å². The minimum atomic E-state index is -0.519. The van der Waals surface area contributed by atoms with E-state index in [9.17, 15) is 4.79 Å². The molecule has 1 fully saturated rings. The Morgan fingerprint density at radius 2 is 1.82 bits per heavy atom. The van der Waals surface area contributed by atoms with Crippen molar-refractivity contribution in [2.24, 2.45) is 5.73 Å². The van der Waals surface area contributed by atoms with Crippen LogP contribution in [0, 0.1) is 0 Å². The standard InChI is InChI=1S/C17H20N4O/c18-16(22)14-9-10-19-17(20-14)15(13-7-3-1-4-8-13)21-11-5-2-6-12-21/h1,3-4,7-10,15H,2,5-6,11-12H2,(H2,18,22). The molecule has 1 aromatic heterocycles. The Bertz CT molecular complexity index is 638. The molecule has 1 aliphatic heterocycles. The fourth-order valence-corrected chi connectivity index (χ4v) is 2.98. The summed E-state index contributed by atoms with van der Waals surface area (Å²) in [6.07, 6.45) is 5.24. The summed E-state index contributed by atoms with van der Waals surface area (Å²) in [7, 11) is 0. The van der Waals surface area contributed by atoms with Crippen LogP contribution >= 0.6 is 0 Å². The second-order valence-electron chi connectivity index (χ2n) is 5.57. The number of rotatable bonds is 4. The second kappa shape index (κ2) is 6.66. The Labute approximate surface area is 130 Å². The predicted octanol–water partition coefficient (Wildman–Crippen LogP) is 2.15. The van der Waals surface area contributed by atoms with E-state index < -0.39 is 5.91 Å². The predicted molar refractivity (Wildman–Crippen MR) is 84.3 cm³/mol. The third-order valence-electron chi connectivity index (χ3n) is 4.04. The van der Waals surface area contributed by atoms with Crippen LogP contribution in [0.1, 0.15) is 47.2 Å². The van der Waals surface area contributed by atoms with Crippen molar-refractivity contribution in [1.82, 2.24) is 14.9 Å². The SMILES string of the molecule is NC(=O)c1ccnc(C(c2ccccc2)N2CCCCC2)n1. The van der Waals surface area contributed by atoms with Crippen LogP contribution in [0.4, 0.5) is 0 Å². The quantitative estimate of drug-likeness (QED) is 0.938. The number of aromatic nitrogens is 2. The summed E-state index contributed by atoms with van der Waals surface area (Å²) in [5.74, 6) is 0.124. The molecule has 0 aliphatic carbocycles. The zero-order valence-corrected chi connectivity index (χ0v) is 12.5. The van der Waals surface area contributed by atoms with Crippen molar-refractivity contribution >= 4 is 5.91 Å².